The van der Waals surface area contributed by atoms with Gasteiger partial charge >= 0.3 is 0 Å². The van der Waals surface area contributed by atoms with Gasteiger partial charge < -0.3 is 4.90 Å². The molecule has 1 atom stereocenters. The summed E-state index contributed by atoms with van der Waals surface area (Å²) < 4.78 is 28.3. The molecular formula is C19H24N4O3S. The van der Waals surface area contributed by atoms with Crippen LogP contribution in [0.4, 0.5) is 5.69 Å². The molecule has 1 N–H and O–H groups in total. The third-order valence-electron chi connectivity index (χ3n) is 6.08. The van der Waals surface area contributed by atoms with Crippen LogP contribution in [0.1, 0.15) is 49.9 Å². The number of aliphatic imine (C=N–C) groups is 1. The number of anilines is 1. The van der Waals surface area contributed by atoms with E-state index < -0.39 is 10.0 Å². The zero-order valence-electron chi connectivity index (χ0n) is 15.6. The lowest BCUT2D eigenvalue weighted by Gasteiger charge is -2.38. The topological polar surface area (TPSA) is 82.1 Å². The number of rotatable bonds is 5. The molecule has 0 unspecified atom stereocenters. The van der Waals surface area contributed by atoms with Crippen molar-refractivity contribution in [3.63, 3.8) is 0 Å². The second kappa shape index (κ2) is 5.54. The number of hydrogen-bond donors (Lipinski definition) is 1. The van der Waals surface area contributed by atoms with E-state index in [0.717, 1.165) is 18.5 Å². The van der Waals surface area contributed by atoms with Crippen LogP contribution in [0.5, 0.6) is 0 Å². The zero-order valence-corrected chi connectivity index (χ0v) is 16.4. The van der Waals surface area contributed by atoms with Gasteiger partial charge in [0, 0.05) is 12.1 Å². The maximum atomic E-state index is 13.1. The van der Waals surface area contributed by atoms with Crippen LogP contribution in [-0.2, 0) is 10.0 Å². The number of nitrogens with zero attached hydrogens (tertiary/aromatic N) is 3. The van der Waals surface area contributed by atoms with E-state index in [1.165, 1.54) is 18.9 Å². The predicted molar refractivity (Wildman–Crippen MR) is 102 cm³/mol. The number of amides is 1. The van der Waals surface area contributed by atoms with E-state index in [4.69, 9.17) is 0 Å². The van der Waals surface area contributed by atoms with Gasteiger partial charge in [-0.15, -0.1) is 0 Å². The fraction of sp³-hybridized carbons (Fsp3) is 0.579. The summed E-state index contributed by atoms with van der Waals surface area (Å²) >= 11 is 0. The minimum Gasteiger partial charge on any atom is -0.306 e. The molecule has 0 bridgehead atoms. The lowest BCUT2D eigenvalue weighted by molar-refractivity contribution is 0.0845. The van der Waals surface area contributed by atoms with Crippen LogP contribution in [0.3, 0.4) is 0 Å². The number of hydrogen-bond acceptors (Lipinski definition) is 5. The number of fused-ring (bicyclic) bond motifs is 3. The van der Waals surface area contributed by atoms with Gasteiger partial charge in [-0.3, -0.25) is 14.7 Å². The van der Waals surface area contributed by atoms with Gasteiger partial charge in [-0.2, -0.15) is 0 Å². The summed E-state index contributed by atoms with van der Waals surface area (Å²) in [5.74, 6) is 1.14. The molecule has 7 nitrogen and oxygen atoms in total. The van der Waals surface area contributed by atoms with Gasteiger partial charge in [-0.25, -0.2) is 13.1 Å². The molecule has 1 aromatic carbocycles. The molecule has 2 saturated carbocycles. The van der Waals surface area contributed by atoms with E-state index in [-0.39, 0.29) is 22.4 Å². The van der Waals surface area contributed by atoms with Gasteiger partial charge in [-0.05, 0) is 63.6 Å². The van der Waals surface area contributed by atoms with Crippen LogP contribution in [0.2, 0.25) is 0 Å². The fourth-order valence-electron chi connectivity index (χ4n) is 4.08. The Morgan fingerprint density at radius 1 is 1.30 bits per heavy atom. The fourth-order valence-corrected chi connectivity index (χ4v) is 5.57. The smallest absolute Gasteiger partial charge is 0.262 e. The highest BCUT2D eigenvalue weighted by atomic mass is 32.2. The summed E-state index contributed by atoms with van der Waals surface area (Å²) in [6, 6.07) is 5.20. The second-order valence-electron chi connectivity index (χ2n) is 8.31. The second-order valence-corrected chi connectivity index (χ2v) is 9.99. The van der Waals surface area contributed by atoms with Gasteiger partial charge in [-0.1, -0.05) is 0 Å². The van der Waals surface area contributed by atoms with Crippen LogP contribution < -0.4 is 9.62 Å². The zero-order chi connectivity index (χ0) is 19.0. The van der Waals surface area contributed by atoms with Crippen molar-refractivity contribution >= 4 is 27.6 Å². The minimum absolute atomic E-state index is 0.154. The van der Waals surface area contributed by atoms with Crippen LogP contribution in [0, 0.1) is 5.92 Å². The van der Waals surface area contributed by atoms with E-state index in [0.29, 0.717) is 30.5 Å². The van der Waals surface area contributed by atoms with E-state index in [1.54, 1.807) is 17.0 Å². The van der Waals surface area contributed by atoms with Gasteiger partial charge in [0.1, 0.15) is 0 Å². The number of sulfonamides is 1. The van der Waals surface area contributed by atoms with Crippen molar-refractivity contribution in [2.45, 2.75) is 56.0 Å². The van der Waals surface area contributed by atoms with E-state index in [1.807, 2.05) is 13.8 Å². The summed E-state index contributed by atoms with van der Waals surface area (Å²) in [7, 11) is -3.65. The molecule has 2 aliphatic carbocycles. The van der Waals surface area contributed by atoms with Crippen molar-refractivity contribution in [2.24, 2.45) is 10.9 Å². The quantitative estimate of drug-likeness (QED) is 0.836. The standard InChI is InChI=1S/C19H24N4O3S/c1-3-22-17(24)14-10-13(27(25,26)21-19(2)8-9-19)6-7-15(14)23-16(12-4-5-12)11-20-18(22)23/h6-7,10,12,16,21H,3-5,8-9,11H2,1-2H3/t16-/m1/s1. The highest BCUT2D eigenvalue weighted by molar-refractivity contribution is 7.89. The first-order valence-corrected chi connectivity index (χ1v) is 11.1. The van der Waals surface area contributed by atoms with E-state index in [9.17, 15) is 13.2 Å². The van der Waals surface area contributed by atoms with Crippen molar-refractivity contribution in [1.82, 2.24) is 9.62 Å². The van der Waals surface area contributed by atoms with Crippen molar-refractivity contribution in [1.29, 1.82) is 0 Å². The predicted octanol–water partition coefficient (Wildman–Crippen LogP) is 1.95. The molecule has 4 aliphatic rings. The molecule has 0 radical (unpaired) electrons. The molecule has 5 rings (SSSR count). The highest BCUT2D eigenvalue weighted by Crippen LogP contribution is 2.43. The number of benzene rings is 1. The average Bonchev–Trinajstić information content (AvgIpc) is 3.55. The van der Waals surface area contributed by atoms with Gasteiger partial charge in [0.2, 0.25) is 16.0 Å². The first-order chi connectivity index (χ1) is 12.8. The third-order valence-corrected chi connectivity index (χ3v) is 7.72. The van der Waals surface area contributed by atoms with Crippen molar-refractivity contribution in [3.05, 3.63) is 23.8 Å². The maximum Gasteiger partial charge on any atom is 0.262 e. The number of carbonyl (C=O) groups is 1. The molecular weight excluding hydrogens is 364 g/mol. The molecule has 0 aromatic heterocycles. The average molecular weight is 388 g/mol. The molecule has 144 valence electrons. The summed E-state index contributed by atoms with van der Waals surface area (Å²) in [4.78, 5) is 21.7. The van der Waals surface area contributed by atoms with Crippen molar-refractivity contribution in [3.8, 4) is 0 Å². The molecule has 27 heavy (non-hydrogen) atoms. The maximum absolute atomic E-state index is 13.1. The minimum atomic E-state index is -3.65. The van der Waals surface area contributed by atoms with Gasteiger partial charge in [0.15, 0.2) is 0 Å². The molecule has 2 fully saturated rings. The molecule has 0 saturated heterocycles. The highest BCUT2D eigenvalue weighted by Gasteiger charge is 2.47. The molecule has 1 amide bonds. The number of guanidine groups is 1. The third kappa shape index (κ3) is 2.69. The Labute approximate surface area is 159 Å². The SMILES string of the molecule is CCN1C(=O)c2cc(S(=O)(=O)NC3(C)CC3)ccc2N2C1=NC[C@@H]2C1CC1. The van der Waals surface area contributed by atoms with Gasteiger partial charge in [0.05, 0.1) is 28.7 Å². The van der Waals surface area contributed by atoms with E-state index in [2.05, 4.69) is 14.6 Å². The Kier molecular flexibility index (Phi) is 3.53. The molecule has 2 heterocycles. The summed E-state index contributed by atoms with van der Waals surface area (Å²) in [6.45, 7) is 5.03. The Morgan fingerprint density at radius 3 is 2.67 bits per heavy atom. The molecule has 8 heteroatoms. The lowest BCUT2D eigenvalue weighted by atomic mass is 10.0. The first-order valence-electron chi connectivity index (χ1n) is 9.66. The lowest BCUT2D eigenvalue weighted by Crippen LogP contribution is -2.53. The summed E-state index contributed by atoms with van der Waals surface area (Å²) in [5, 5.41) is 0. The molecule has 0 spiro atoms. The first kappa shape index (κ1) is 17.2. The Balaban J connectivity index is 1.58. The molecule has 1 aromatic rings. The Hall–Kier alpha value is -1.93. The Bertz CT molecular complexity index is 963. The van der Waals surface area contributed by atoms with E-state index >= 15 is 0 Å². The van der Waals surface area contributed by atoms with Crippen LogP contribution >= 0.6 is 0 Å². The largest absolute Gasteiger partial charge is 0.306 e. The molecule has 2 aliphatic heterocycles. The van der Waals surface area contributed by atoms with Crippen LogP contribution in [0.25, 0.3) is 0 Å². The Morgan fingerprint density at radius 2 is 2.04 bits per heavy atom. The van der Waals surface area contributed by atoms with Crippen molar-refractivity contribution < 1.29 is 13.2 Å². The monoisotopic (exact) mass is 388 g/mol. The van der Waals surface area contributed by atoms with Crippen LogP contribution in [-0.4, -0.2) is 49.9 Å². The summed E-state index contributed by atoms with van der Waals surface area (Å²) in [5.41, 5.74) is 0.890. The van der Waals surface area contributed by atoms with Crippen LogP contribution in [0.15, 0.2) is 28.1 Å². The normalized spacial score (nSPS) is 25.9. The van der Waals surface area contributed by atoms with Crippen molar-refractivity contribution in [2.75, 3.05) is 18.0 Å². The van der Waals surface area contributed by atoms with Gasteiger partial charge in [0.25, 0.3) is 5.91 Å². The number of nitrogens with one attached hydrogen (secondary N) is 1. The number of carbonyl (C=O) groups excluding carboxylic acids is 1. The summed E-state index contributed by atoms with van der Waals surface area (Å²) in [6.07, 6.45) is 4.06.